The number of ether oxygens (including phenoxy) is 1. The predicted molar refractivity (Wildman–Crippen MR) is 110 cm³/mol. The number of rotatable bonds is 7. The highest BCUT2D eigenvalue weighted by atomic mass is 32.2. The minimum Gasteiger partial charge on any atom is -0.494 e. The van der Waals surface area contributed by atoms with Crippen molar-refractivity contribution >= 4 is 23.3 Å². The third-order valence-corrected chi connectivity index (χ3v) is 5.72. The van der Waals surface area contributed by atoms with Crippen molar-refractivity contribution in [2.75, 3.05) is 7.11 Å². The Morgan fingerprint density at radius 3 is 2.59 bits per heavy atom. The summed E-state index contributed by atoms with van der Waals surface area (Å²) in [5, 5.41) is 11.9. The van der Waals surface area contributed by atoms with Gasteiger partial charge < -0.3 is 9.72 Å². The Bertz CT molecular complexity index is 1090. The lowest BCUT2D eigenvalue weighted by Crippen LogP contribution is -2.16. The van der Waals surface area contributed by atoms with E-state index in [9.17, 15) is 9.59 Å². The molecule has 1 atom stereocenters. The summed E-state index contributed by atoms with van der Waals surface area (Å²) in [6.45, 7) is 8.84. The second-order valence-corrected chi connectivity index (χ2v) is 8.16. The van der Waals surface area contributed by atoms with E-state index >= 15 is 0 Å². The van der Waals surface area contributed by atoms with Gasteiger partial charge in [0.2, 0.25) is 5.16 Å². The van der Waals surface area contributed by atoms with Gasteiger partial charge in [0.05, 0.1) is 18.1 Å². The molecule has 0 aliphatic rings. The number of hydrogen-bond donors (Lipinski definition) is 1. The first-order valence-electron chi connectivity index (χ1n) is 9.09. The fourth-order valence-corrected chi connectivity index (χ4v) is 4.17. The van der Waals surface area contributed by atoms with E-state index < -0.39 is 5.25 Å². The number of aromatic nitrogens is 5. The first-order valence-corrected chi connectivity index (χ1v) is 9.96. The summed E-state index contributed by atoms with van der Waals surface area (Å²) in [5.41, 5.74) is 4.12. The molecule has 8 nitrogen and oxygen atoms in total. The number of carbonyl (C=O) groups is 2. The van der Waals surface area contributed by atoms with Crippen LogP contribution in [-0.4, -0.2) is 49.1 Å². The molecule has 0 aliphatic heterocycles. The van der Waals surface area contributed by atoms with Gasteiger partial charge in [-0.25, -0.2) is 0 Å². The summed E-state index contributed by atoms with van der Waals surface area (Å²) >= 11 is 1.25. The molecule has 0 radical (unpaired) electrons. The van der Waals surface area contributed by atoms with Gasteiger partial charge in [0.1, 0.15) is 11.4 Å². The van der Waals surface area contributed by atoms with Crippen LogP contribution in [0.4, 0.5) is 0 Å². The molecule has 3 rings (SSSR count). The van der Waals surface area contributed by atoms with Crippen LogP contribution in [0.3, 0.4) is 0 Å². The zero-order valence-corrected chi connectivity index (χ0v) is 18.0. The average Bonchev–Trinajstić information content (AvgIpc) is 3.24. The van der Waals surface area contributed by atoms with Crippen LogP contribution in [0, 0.1) is 20.8 Å². The van der Waals surface area contributed by atoms with E-state index in [1.165, 1.54) is 18.7 Å². The Morgan fingerprint density at radius 2 is 1.97 bits per heavy atom. The van der Waals surface area contributed by atoms with Crippen LogP contribution in [0.2, 0.25) is 0 Å². The van der Waals surface area contributed by atoms with Crippen LogP contribution in [0.1, 0.15) is 51.5 Å². The Labute approximate surface area is 173 Å². The molecule has 1 aromatic carbocycles. The van der Waals surface area contributed by atoms with Crippen molar-refractivity contribution in [3.05, 3.63) is 46.3 Å². The van der Waals surface area contributed by atoms with Gasteiger partial charge in [0.25, 0.3) is 0 Å². The first kappa shape index (κ1) is 20.8. The number of Topliss-reactive ketones (excluding diaryl/α,β-unsaturated/α-hetero) is 2. The quantitative estimate of drug-likeness (QED) is 0.467. The van der Waals surface area contributed by atoms with Gasteiger partial charge in [-0.1, -0.05) is 17.8 Å². The SMILES string of the molecule is COc1ccc(C)cc1-n1nnnc1S[C@H](C)C(=O)c1[nH]c(C)c(C(C)=O)c1C. The maximum absolute atomic E-state index is 13.0. The average molecular weight is 414 g/mol. The predicted octanol–water partition coefficient (Wildman–Crippen LogP) is 3.49. The van der Waals surface area contributed by atoms with Gasteiger partial charge in [-0.3, -0.25) is 9.59 Å². The van der Waals surface area contributed by atoms with Gasteiger partial charge in [-0.2, -0.15) is 4.68 Å². The Kier molecular flexibility index (Phi) is 5.88. The maximum Gasteiger partial charge on any atom is 0.214 e. The van der Waals surface area contributed by atoms with Crippen molar-refractivity contribution < 1.29 is 14.3 Å². The number of aryl methyl sites for hydroxylation is 2. The van der Waals surface area contributed by atoms with Crippen LogP contribution in [0.5, 0.6) is 5.75 Å². The molecule has 0 fully saturated rings. The molecule has 1 N–H and O–H groups in total. The molecule has 0 unspecified atom stereocenters. The van der Waals surface area contributed by atoms with Gasteiger partial charge in [-0.15, -0.1) is 5.10 Å². The van der Waals surface area contributed by atoms with Crippen LogP contribution < -0.4 is 4.74 Å². The highest BCUT2D eigenvalue weighted by molar-refractivity contribution is 8.00. The van der Waals surface area contributed by atoms with Gasteiger partial charge in [-0.05, 0) is 68.3 Å². The lowest BCUT2D eigenvalue weighted by molar-refractivity contribution is 0.0988. The number of thioether (sulfide) groups is 1. The van der Waals surface area contributed by atoms with Crippen molar-refractivity contribution in [2.45, 2.75) is 45.0 Å². The smallest absolute Gasteiger partial charge is 0.214 e. The van der Waals surface area contributed by atoms with Gasteiger partial charge >= 0.3 is 0 Å². The van der Waals surface area contributed by atoms with Crippen molar-refractivity contribution in [2.24, 2.45) is 0 Å². The molecule has 2 aromatic heterocycles. The molecule has 0 spiro atoms. The molecule has 3 aromatic rings. The summed E-state index contributed by atoms with van der Waals surface area (Å²) in [4.78, 5) is 28.0. The van der Waals surface area contributed by atoms with Gasteiger partial charge in [0.15, 0.2) is 11.6 Å². The number of benzene rings is 1. The molecule has 0 saturated heterocycles. The minimum atomic E-state index is -0.466. The van der Waals surface area contributed by atoms with E-state index in [0.717, 1.165) is 5.56 Å². The summed E-state index contributed by atoms with van der Waals surface area (Å²) in [6.07, 6.45) is 0. The van der Waals surface area contributed by atoms with Crippen LogP contribution >= 0.6 is 11.8 Å². The molecule has 0 amide bonds. The van der Waals surface area contributed by atoms with E-state index in [2.05, 4.69) is 20.5 Å². The van der Waals surface area contributed by atoms with Crippen molar-refractivity contribution in [3.8, 4) is 11.4 Å². The summed E-state index contributed by atoms with van der Waals surface area (Å²) in [5.74, 6) is 0.450. The molecule has 2 heterocycles. The van der Waals surface area contributed by atoms with E-state index in [1.807, 2.05) is 25.1 Å². The number of ketones is 2. The van der Waals surface area contributed by atoms with E-state index in [-0.39, 0.29) is 11.6 Å². The van der Waals surface area contributed by atoms with Crippen molar-refractivity contribution in [1.29, 1.82) is 0 Å². The van der Waals surface area contributed by atoms with E-state index in [1.54, 1.807) is 32.6 Å². The molecule has 29 heavy (non-hydrogen) atoms. The number of hydrogen-bond acceptors (Lipinski definition) is 7. The van der Waals surface area contributed by atoms with Crippen LogP contribution in [-0.2, 0) is 0 Å². The summed E-state index contributed by atoms with van der Waals surface area (Å²) < 4.78 is 6.99. The fourth-order valence-electron chi connectivity index (χ4n) is 3.31. The fraction of sp³-hybridized carbons (Fsp3) is 0.350. The third kappa shape index (κ3) is 3.95. The molecule has 9 heteroatoms. The Hall–Kier alpha value is -2.94. The highest BCUT2D eigenvalue weighted by Crippen LogP contribution is 2.30. The molecule has 0 bridgehead atoms. The van der Waals surface area contributed by atoms with Crippen molar-refractivity contribution in [1.82, 2.24) is 25.2 Å². The second-order valence-electron chi connectivity index (χ2n) is 6.85. The molecule has 0 saturated carbocycles. The molecule has 0 aliphatic carbocycles. The molecular weight excluding hydrogens is 390 g/mol. The van der Waals surface area contributed by atoms with Crippen molar-refractivity contribution in [3.63, 3.8) is 0 Å². The number of nitrogens with zero attached hydrogens (tertiary/aromatic N) is 4. The monoisotopic (exact) mass is 413 g/mol. The number of H-pyrrole nitrogens is 1. The zero-order chi connectivity index (χ0) is 21.3. The topological polar surface area (TPSA) is 103 Å². The Morgan fingerprint density at radius 1 is 1.24 bits per heavy atom. The Balaban J connectivity index is 1.90. The lowest BCUT2D eigenvalue weighted by Gasteiger charge is -2.12. The molecule has 152 valence electrons. The molecular formula is C20H23N5O3S. The normalized spacial score (nSPS) is 12.1. The third-order valence-electron chi connectivity index (χ3n) is 4.69. The number of tetrazole rings is 1. The minimum absolute atomic E-state index is 0.0638. The number of carbonyl (C=O) groups excluding carboxylic acids is 2. The first-order chi connectivity index (χ1) is 13.7. The van der Waals surface area contributed by atoms with Gasteiger partial charge in [0, 0.05) is 11.3 Å². The number of nitrogens with one attached hydrogen (secondary N) is 1. The van der Waals surface area contributed by atoms with Crippen LogP contribution in [0.15, 0.2) is 23.4 Å². The van der Waals surface area contributed by atoms with Crippen LogP contribution in [0.25, 0.3) is 5.69 Å². The van der Waals surface area contributed by atoms with E-state index in [4.69, 9.17) is 4.74 Å². The number of aromatic amines is 1. The lowest BCUT2D eigenvalue weighted by atomic mass is 10.0. The van der Waals surface area contributed by atoms with E-state index in [0.29, 0.717) is 39.1 Å². The largest absolute Gasteiger partial charge is 0.494 e. The summed E-state index contributed by atoms with van der Waals surface area (Å²) in [7, 11) is 1.58. The number of methoxy groups -OCH3 is 1. The highest BCUT2D eigenvalue weighted by Gasteiger charge is 2.26. The zero-order valence-electron chi connectivity index (χ0n) is 17.2. The maximum atomic E-state index is 13.0. The summed E-state index contributed by atoms with van der Waals surface area (Å²) in [6, 6.07) is 5.71. The second kappa shape index (κ2) is 8.20. The standard InChI is InChI=1S/C20H23N5O3S/c1-10-7-8-16(28-6)15(9-10)25-20(22-23-24-25)29-14(5)19(27)18-11(2)17(13(4)26)12(3)21-18/h7-9,14,21H,1-6H3/t14-/m1/s1.